The van der Waals surface area contributed by atoms with Crippen LogP contribution in [0.1, 0.15) is 23.1 Å². The molecule has 2 aromatic carbocycles. The first kappa shape index (κ1) is 17.4. The van der Waals surface area contributed by atoms with Crippen molar-refractivity contribution in [1.29, 1.82) is 0 Å². The maximum absolute atomic E-state index is 12.2. The third kappa shape index (κ3) is 4.15. The van der Waals surface area contributed by atoms with Crippen LogP contribution in [0.3, 0.4) is 0 Å². The third-order valence-corrected chi connectivity index (χ3v) is 4.26. The zero-order valence-corrected chi connectivity index (χ0v) is 15.0. The average Bonchev–Trinajstić information content (AvgIpc) is 2.82. The highest BCUT2D eigenvalue weighted by molar-refractivity contribution is 6.32. The molecule has 0 radical (unpaired) electrons. The van der Waals surface area contributed by atoms with E-state index in [0.717, 1.165) is 28.8 Å². The second-order valence-electron chi connectivity index (χ2n) is 5.97. The van der Waals surface area contributed by atoms with Crippen LogP contribution in [0.15, 0.2) is 36.4 Å². The minimum Gasteiger partial charge on any atom is -0.489 e. The van der Waals surface area contributed by atoms with Gasteiger partial charge in [-0.25, -0.2) is 0 Å². The molecule has 4 nitrogen and oxygen atoms in total. The van der Waals surface area contributed by atoms with Crippen LogP contribution in [0.2, 0.25) is 5.02 Å². The van der Waals surface area contributed by atoms with Gasteiger partial charge in [0.15, 0.2) is 11.5 Å². The van der Waals surface area contributed by atoms with E-state index >= 15 is 0 Å². The minimum absolute atomic E-state index is 0.194. The van der Waals surface area contributed by atoms with Gasteiger partial charge in [0.1, 0.15) is 0 Å². The Morgan fingerprint density at radius 3 is 2.64 bits per heavy atom. The van der Waals surface area contributed by atoms with E-state index in [9.17, 15) is 4.79 Å². The van der Waals surface area contributed by atoms with Crippen molar-refractivity contribution in [2.75, 3.05) is 18.5 Å². The van der Waals surface area contributed by atoms with Gasteiger partial charge in [-0.2, -0.15) is 0 Å². The molecule has 5 heteroatoms. The molecule has 0 unspecified atom stereocenters. The van der Waals surface area contributed by atoms with E-state index in [4.69, 9.17) is 21.1 Å². The van der Waals surface area contributed by atoms with E-state index in [1.54, 1.807) is 12.1 Å². The van der Waals surface area contributed by atoms with Gasteiger partial charge in [0.2, 0.25) is 5.91 Å². The van der Waals surface area contributed by atoms with Crippen molar-refractivity contribution < 1.29 is 14.3 Å². The SMILES string of the molecule is Cc1cccc(C)c1NC(=O)/C=C/c1cc(Cl)c2c(c1)OCCCO2. The zero-order chi connectivity index (χ0) is 17.8. The quantitative estimate of drug-likeness (QED) is 0.805. The first-order chi connectivity index (χ1) is 12.0. The summed E-state index contributed by atoms with van der Waals surface area (Å²) < 4.78 is 11.3. The van der Waals surface area contributed by atoms with Crippen LogP contribution < -0.4 is 14.8 Å². The van der Waals surface area contributed by atoms with Crippen LogP contribution >= 0.6 is 11.6 Å². The Bertz CT molecular complexity index is 810. The number of fused-ring (bicyclic) bond motifs is 1. The van der Waals surface area contributed by atoms with Crippen molar-refractivity contribution >= 4 is 29.3 Å². The molecule has 1 N–H and O–H groups in total. The first-order valence-corrected chi connectivity index (χ1v) is 8.57. The summed E-state index contributed by atoms with van der Waals surface area (Å²) in [5.41, 5.74) is 3.68. The Hall–Kier alpha value is -2.46. The molecular weight excluding hydrogens is 338 g/mol. The van der Waals surface area contributed by atoms with Crippen molar-refractivity contribution in [2.45, 2.75) is 20.3 Å². The summed E-state index contributed by atoms with van der Waals surface area (Å²) in [5, 5.41) is 3.40. The molecular formula is C20H20ClNO3. The number of nitrogens with one attached hydrogen (secondary N) is 1. The van der Waals surface area contributed by atoms with E-state index < -0.39 is 0 Å². The molecule has 1 amide bonds. The van der Waals surface area contributed by atoms with Gasteiger partial charge in [0.05, 0.1) is 18.2 Å². The third-order valence-electron chi connectivity index (χ3n) is 3.98. The Morgan fingerprint density at radius 2 is 1.88 bits per heavy atom. The topological polar surface area (TPSA) is 47.6 Å². The lowest BCUT2D eigenvalue weighted by atomic mass is 10.1. The molecule has 0 spiro atoms. The van der Waals surface area contributed by atoms with Crippen LogP contribution in [0, 0.1) is 13.8 Å². The van der Waals surface area contributed by atoms with Gasteiger partial charge in [-0.1, -0.05) is 29.8 Å². The first-order valence-electron chi connectivity index (χ1n) is 8.19. The second kappa shape index (κ2) is 7.62. The van der Waals surface area contributed by atoms with Crippen LogP contribution in [-0.2, 0) is 4.79 Å². The van der Waals surface area contributed by atoms with Gasteiger partial charge in [-0.3, -0.25) is 4.79 Å². The lowest BCUT2D eigenvalue weighted by Crippen LogP contribution is -2.10. The predicted octanol–water partition coefficient (Wildman–Crippen LogP) is 4.77. The number of aryl methyl sites for hydroxylation is 2. The number of hydrogen-bond acceptors (Lipinski definition) is 3. The molecule has 3 rings (SSSR count). The number of amides is 1. The molecule has 1 aliphatic heterocycles. The van der Waals surface area contributed by atoms with E-state index in [2.05, 4.69) is 5.32 Å². The van der Waals surface area contributed by atoms with E-state index in [1.165, 1.54) is 6.08 Å². The largest absolute Gasteiger partial charge is 0.489 e. The highest BCUT2D eigenvalue weighted by Gasteiger charge is 2.15. The Kier molecular flexibility index (Phi) is 5.29. The fourth-order valence-corrected chi connectivity index (χ4v) is 2.97. The molecule has 25 heavy (non-hydrogen) atoms. The van der Waals surface area contributed by atoms with Crippen LogP contribution in [0.25, 0.3) is 6.08 Å². The molecule has 130 valence electrons. The zero-order valence-electron chi connectivity index (χ0n) is 14.3. The minimum atomic E-state index is -0.194. The number of hydrogen-bond donors (Lipinski definition) is 1. The predicted molar refractivity (Wildman–Crippen MR) is 101 cm³/mol. The summed E-state index contributed by atoms with van der Waals surface area (Å²) in [5.74, 6) is 0.983. The maximum atomic E-state index is 12.2. The molecule has 0 atom stereocenters. The molecule has 0 saturated heterocycles. The lowest BCUT2D eigenvalue weighted by Gasteiger charge is -2.10. The number of ether oxygens (including phenoxy) is 2. The van der Waals surface area contributed by atoms with Gasteiger partial charge in [-0.15, -0.1) is 0 Å². The highest BCUT2D eigenvalue weighted by Crippen LogP contribution is 2.38. The number of carbonyl (C=O) groups is 1. The number of benzene rings is 2. The van der Waals surface area contributed by atoms with Gasteiger partial charge in [-0.05, 0) is 48.7 Å². The van der Waals surface area contributed by atoms with Crippen molar-refractivity contribution in [2.24, 2.45) is 0 Å². The summed E-state index contributed by atoms with van der Waals surface area (Å²) >= 11 is 6.27. The second-order valence-corrected chi connectivity index (χ2v) is 6.38. The number of carbonyl (C=O) groups excluding carboxylic acids is 1. The van der Waals surface area contributed by atoms with Gasteiger partial charge in [0, 0.05) is 18.2 Å². The molecule has 0 bridgehead atoms. The van der Waals surface area contributed by atoms with Gasteiger partial charge in [0.25, 0.3) is 0 Å². The van der Waals surface area contributed by atoms with Gasteiger partial charge < -0.3 is 14.8 Å². The smallest absolute Gasteiger partial charge is 0.248 e. The molecule has 1 heterocycles. The molecule has 0 aliphatic carbocycles. The standard InChI is InChI=1S/C20H20ClNO3/c1-13-5-3-6-14(2)19(13)22-18(23)8-7-15-11-16(21)20-17(12-15)24-9-4-10-25-20/h3,5-8,11-12H,4,9-10H2,1-2H3,(H,22,23)/b8-7+. The fraction of sp³-hybridized carbons (Fsp3) is 0.250. The Morgan fingerprint density at radius 1 is 1.16 bits per heavy atom. The number of halogens is 1. The van der Waals surface area contributed by atoms with Crippen molar-refractivity contribution in [3.63, 3.8) is 0 Å². The van der Waals surface area contributed by atoms with Crippen molar-refractivity contribution in [1.82, 2.24) is 0 Å². The molecule has 1 aliphatic rings. The molecule has 0 aromatic heterocycles. The maximum Gasteiger partial charge on any atom is 0.248 e. The summed E-state index contributed by atoms with van der Waals surface area (Å²) in [6.45, 7) is 5.11. The summed E-state index contributed by atoms with van der Waals surface area (Å²) in [7, 11) is 0. The monoisotopic (exact) mass is 357 g/mol. The van der Waals surface area contributed by atoms with Crippen molar-refractivity contribution in [3.8, 4) is 11.5 Å². The Balaban J connectivity index is 1.77. The summed E-state index contributed by atoms with van der Waals surface area (Å²) in [6.07, 6.45) is 4.01. The van der Waals surface area contributed by atoms with E-state index in [1.807, 2.05) is 38.1 Å². The molecule has 0 saturated carbocycles. The van der Waals surface area contributed by atoms with Crippen LogP contribution in [0.5, 0.6) is 11.5 Å². The summed E-state index contributed by atoms with van der Waals surface area (Å²) in [6, 6.07) is 9.49. The fourth-order valence-electron chi connectivity index (χ4n) is 2.70. The Labute approximate surface area is 152 Å². The normalized spacial score (nSPS) is 13.6. The number of anilines is 1. The average molecular weight is 358 g/mol. The van der Waals surface area contributed by atoms with Crippen LogP contribution in [-0.4, -0.2) is 19.1 Å². The molecule has 0 fully saturated rings. The lowest BCUT2D eigenvalue weighted by molar-refractivity contribution is -0.111. The van der Waals surface area contributed by atoms with Crippen molar-refractivity contribution in [3.05, 3.63) is 58.1 Å². The number of rotatable bonds is 3. The summed E-state index contributed by atoms with van der Waals surface area (Å²) in [4.78, 5) is 12.2. The highest BCUT2D eigenvalue weighted by atomic mass is 35.5. The van der Waals surface area contributed by atoms with Gasteiger partial charge >= 0.3 is 0 Å². The van der Waals surface area contributed by atoms with Crippen LogP contribution in [0.4, 0.5) is 5.69 Å². The van der Waals surface area contributed by atoms with E-state index in [-0.39, 0.29) is 5.91 Å². The van der Waals surface area contributed by atoms with E-state index in [0.29, 0.717) is 29.7 Å². The number of para-hydroxylation sites is 1. The molecule has 2 aromatic rings.